The summed E-state index contributed by atoms with van der Waals surface area (Å²) in [5.41, 5.74) is -0.158. The van der Waals surface area contributed by atoms with Crippen LogP contribution in [-0.2, 0) is 23.1 Å². The molecule has 1 aliphatic heterocycles. The van der Waals surface area contributed by atoms with Crippen molar-refractivity contribution in [2.24, 2.45) is 7.05 Å². The van der Waals surface area contributed by atoms with E-state index in [2.05, 4.69) is 28.9 Å². The third-order valence-corrected chi connectivity index (χ3v) is 3.45. The molecule has 0 aromatic carbocycles. The maximum absolute atomic E-state index is 6.01. The quantitative estimate of drug-likeness (QED) is 0.806. The zero-order valence-electron chi connectivity index (χ0n) is 12.5. The van der Waals surface area contributed by atoms with E-state index < -0.39 is 0 Å². The van der Waals surface area contributed by atoms with Gasteiger partial charge in [-0.05, 0) is 20.8 Å². The van der Waals surface area contributed by atoms with Crippen molar-refractivity contribution < 1.29 is 9.47 Å². The number of methoxy groups -OCH3 is 1. The molecule has 0 bridgehead atoms. The minimum atomic E-state index is -0.158. The highest BCUT2D eigenvalue weighted by Gasteiger charge is 2.33. The average molecular weight is 268 g/mol. The van der Waals surface area contributed by atoms with Crippen LogP contribution in [0, 0.1) is 6.92 Å². The number of aryl methyl sites for hydroxylation is 1. The van der Waals surface area contributed by atoms with Gasteiger partial charge in [-0.2, -0.15) is 0 Å². The largest absolute Gasteiger partial charge is 0.382 e. The van der Waals surface area contributed by atoms with Gasteiger partial charge in [-0.1, -0.05) is 0 Å². The summed E-state index contributed by atoms with van der Waals surface area (Å²) in [6.07, 6.45) is 0.114. The molecule has 0 aliphatic carbocycles. The fourth-order valence-corrected chi connectivity index (χ4v) is 2.60. The standard InChI is InChI=1S/C13H24N4O2/c1-10-14-15-12(16(10)4)7-17-6-11(8-18-5)19-13(2,3)9-17/h11H,6-9H2,1-5H3/t11-/m1/s1. The van der Waals surface area contributed by atoms with E-state index in [0.717, 1.165) is 31.3 Å². The summed E-state index contributed by atoms with van der Waals surface area (Å²) in [5, 5.41) is 8.33. The minimum absolute atomic E-state index is 0.114. The van der Waals surface area contributed by atoms with E-state index in [9.17, 15) is 0 Å². The second kappa shape index (κ2) is 5.56. The van der Waals surface area contributed by atoms with Gasteiger partial charge < -0.3 is 14.0 Å². The van der Waals surface area contributed by atoms with Gasteiger partial charge in [0.25, 0.3) is 0 Å². The summed E-state index contributed by atoms with van der Waals surface area (Å²) < 4.78 is 13.3. The van der Waals surface area contributed by atoms with Gasteiger partial charge in [0.15, 0.2) is 0 Å². The van der Waals surface area contributed by atoms with Crippen LogP contribution in [0.4, 0.5) is 0 Å². The molecule has 108 valence electrons. The van der Waals surface area contributed by atoms with E-state index in [1.54, 1.807) is 7.11 Å². The molecule has 2 heterocycles. The number of nitrogens with zero attached hydrogens (tertiary/aromatic N) is 4. The highest BCUT2D eigenvalue weighted by atomic mass is 16.5. The lowest BCUT2D eigenvalue weighted by molar-refractivity contribution is -0.154. The average Bonchev–Trinajstić information content (AvgIpc) is 2.59. The van der Waals surface area contributed by atoms with E-state index in [1.165, 1.54) is 0 Å². The van der Waals surface area contributed by atoms with E-state index in [0.29, 0.717) is 6.61 Å². The summed E-state index contributed by atoms with van der Waals surface area (Å²) in [6, 6.07) is 0. The second-order valence-electron chi connectivity index (χ2n) is 5.85. The number of hydrogen-bond donors (Lipinski definition) is 0. The number of hydrogen-bond acceptors (Lipinski definition) is 5. The molecule has 0 saturated carbocycles. The zero-order valence-corrected chi connectivity index (χ0v) is 12.5. The van der Waals surface area contributed by atoms with Crippen molar-refractivity contribution in [3.05, 3.63) is 11.6 Å². The van der Waals surface area contributed by atoms with Crippen LogP contribution in [-0.4, -0.2) is 58.2 Å². The van der Waals surface area contributed by atoms with Crippen LogP contribution in [0.1, 0.15) is 25.5 Å². The second-order valence-corrected chi connectivity index (χ2v) is 5.85. The molecule has 1 aromatic heterocycles. The van der Waals surface area contributed by atoms with Crippen LogP contribution in [0.3, 0.4) is 0 Å². The smallest absolute Gasteiger partial charge is 0.146 e. The molecule has 1 aliphatic rings. The van der Waals surface area contributed by atoms with Crippen molar-refractivity contribution in [1.82, 2.24) is 19.7 Å². The minimum Gasteiger partial charge on any atom is -0.382 e. The molecule has 1 aromatic rings. The molecule has 6 heteroatoms. The van der Waals surface area contributed by atoms with Crippen molar-refractivity contribution in [1.29, 1.82) is 0 Å². The fourth-order valence-electron chi connectivity index (χ4n) is 2.60. The Morgan fingerprint density at radius 3 is 2.74 bits per heavy atom. The number of aromatic nitrogens is 3. The van der Waals surface area contributed by atoms with Crippen LogP contribution < -0.4 is 0 Å². The van der Waals surface area contributed by atoms with Crippen molar-refractivity contribution in [2.45, 2.75) is 39.0 Å². The van der Waals surface area contributed by atoms with Gasteiger partial charge >= 0.3 is 0 Å². The van der Waals surface area contributed by atoms with Crippen molar-refractivity contribution in [3.63, 3.8) is 0 Å². The fraction of sp³-hybridized carbons (Fsp3) is 0.846. The van der Waals surface area contributed by atoms with Crippen LogP contribution >= 0.6 is 0 Å². The van der Waals surface area contributed by atoms with E-state index in [4.69, 9.17) is 9.47 Å². The number of rotatable bonds is 4. The molecule has 19 heavy (non-hydrogen) atoms. The first kappa shape index (κ1) is 14.4. The molecule has 0 unspecified atom stereocenters. The lowest BCUT2D eigenvalue weighted by Gasteiger charge is -2.42. The van der Waals surface area contributed by atoms with Crippen LogP contribution in [0.25, 0.3) is 0 Å². The summed E-state index contributed by atoms with van der Waals surface area (Å²) in [6.45, 7) is 9.37. The van der Waals surface area contributed by atoms with Gasteiger partial charge in [0.05, 0.1) is 24.9 Å². The number of morpholine rings is 1. The molecule has 0 amide bonds. The Labute approximate surface area is 114 Å². The Kier molecular flexibility index (Phi) is 4.23. The zero-order chi connectivity index (χ0) is 14.0. The first-order chi connectivity index (χ1) is 8.91. The molecule has 0 spiro atoms. The van der Waals surface area contributed by atoms with Gasteiger partial charge in [0.2, 0.25) is 0 Å². The van der Waals surface area contributed by atoms with Crippen LogP contribution in [0.15, 0.2) is 0 Å². The van der Waals surface area contributed by atoms with E-state index in [1.807, 2.05) is 18.5 Å². The first-order valence-corrected chi connectivity index (χ1v) is 6.65. The lowest BCUT2D eigenvalue weighted by Crippen LogP contribution is -2.53. The molecular weight excluding hydrogens is 244 g/mol. The summed E-state index contributed by atoms with van der Waals surface area (Å²) in [4.78, 5) is 2.36. The summed E-state index contributed by atoms with van der Waals surface area (Å²) in [7, 11) is 3.71. The van der Waals surface area contributed by atoms with Crippen LogP contribution in [0.5, 0.6) is 0 Å². The monoisotopic (exact) mass is 268 g/mol. The third kappa shape index (κ3) is 3.52. The van der Waals surface area contributed by atoms with Crippen molar-refractivity contribution >= 4 is 0 Å². The van der Waals surface area contributed by atoms with Crippen molar-refractivity contribution in [2.75, 3.05) is 26.8 Å². The highest BCUT2D eigenvalue weighted by molar-refractivity contribution is 4.94. The van der Waals surface area contributed by atoms with Crippen LogP contribution in [0.2, 0.25) is 0 Å². The molecule has 1 atom stereocenters. The van der Waals surface area contributed by atoms with Gasteiger partial charge in [-0.3, -0.25) is 4.90 Å². The van der Waals surface area contributed by atoms with Gasteiger partial charge in [0.1, 0.15) is 11.6 Å². The summed E-state index contributed by atoms with van der Waals surface area (Å²) in [5.74, 6) is 1.93. The Hall–Kier alpha value is -0.980. The highest BCUT2D eigenvalue weighted by Crippen LogP contribution is 2.22. The SMILES string of the molecule is COC[C@H]1CN(Cc2nnc(C)n2C)CC(C)(C)O1. The third-order valence-electron chi connectivity index (χ3n) is 3.45. The molecular formula is C13H24N4O2. The predicted octanol–water partition coefficient (Wildman–Crippen LogP) is 0.749. The molecule has 0 N–H and O–H groups in total. The molecule has 2 rings (SSSR count). The van der Waals surface area contributed by atoms with Gasteiger partial charge in [0, 0.05) is 27.2 Å². The van der Waals surface area contributed by atoms with Crippen molar-refractivity contribution in [3.8, 4) is 0 Å². The predicted molar refractivity (Wildman–Crippen MR) is 71.8 cm³/mol. The molecule has 1 saturated heterocycles. The first-order valence-electron chi connectivity index (χ1n) is 6.65. The maximum Gasteiger partial charge on any atom is 0.146 e. The van der Waals surface area contributed by atoms with Gasteiger partial charge in [-0.25, -0.2) is 0 Å². The Morgan fingerprint density at radius 1 is 1.42 bits per heavy atom. The van der Waals surface area contributed by atoms with Gasteiger partial charge in [-0.15, -0.1) is 10.2 Å². The summed E-state index contributed by atoms with van der Waals surface area (Å²) >= 11 is 0. The Balaban J connectivity index is 2.04. The van der Waals surface area contributed by atoms with E-state index in [-0.39, 0.29) is 11.7 Å². The maximum atomic E-state index is 6.01. The normalized spacial score (nSPS) is 23.7. The molecule has 1 fully saturated rings. The molecule has 0 radical (unpaired) electrons. The number of ether oxygens (including phenoxy) is 2. The Bertz CT molecular complexity index is 430. The topological polar surface area (TPSA) is 52.4 Å². The Morgan fingerprint density at radius 2 is 2.16 bits per heavy atom. The lowest BCUT2D eigenvalue weighted by atomic mass is 10.1. The van der Waals surface area contributed by atoms with E-state index >= 15 is 0 Å². The molecule has 6 nitrogen and oxygen atoms in total.